The van der Waals surface area contributed by atoms with Gasteiger partial charge >= 0.3 is 0 Å². The molecule has 1 aromatic heterocycles. The molecule has 0 saturated carbocycles. The maximum absolute atomic E-state index is 13.1. The van der Waals surface area contributed by atoms with E-state index in [-0.39, 0.29) is 11.7 Å². The van der Waals surface area contributed by atoms with Gasteiger partial charge in [-0.3, -0.25) is 4.79 Å². The van der Waals surface area contributed by atoms with Crippen LogP contribution in [0.2, 0.25) is 0 Å². The monoisotopic (exact) mass is 452 g/mol. The molecule has 168 valence electrons. The third-order valence-corrected chi connectivity index (χ3v) is 6.62. The Morgan fingerprint density at radius 1 is 1.00 bits per heavy atom. The van der Waals surface area contributed by atoms with Crippen molar-refractivity contribution in [3.63, 3.8) is 0 Å². The van der Waals surface area contributed by atoms with Crippen molar-refractivity contribution in [1.29, 1.82) is 0 Å². The minimum Gasteiger partial charge on any atom is -0.345 e. The van der Waals surface area contributed by atoms with Crippen LogP contribution in [-0.4, -0.2) is 46.3 Å². The second kappa shape index (κ2) is 10.7. The Kier molecular flexibility index (Phi) is 7.47. The van der Waals surface area contributed by atoms with Gasteiger partial charge in [0.15, 0.2) is 0 Å². The van der Waals surface area contributed by atoms with E-state index in [0.717, 1.165) is 54.6 Å². The van der Waals surface area contributed by atoms with E-state index >= 15 is 0 Å². The van der Waals surface area contributed by atoms with Gasteiger partial charge < -0.3 is 9.80 Å². The van der Waals surface area contributed by atoms with Gasteiger partial charge in [0.2, 0.25) is 5.13 Å². The van der Waals surface area contributed by atoms with E-state index in [0.29, 0.717) is 13.0 Å². The van der Waals surface area contributed by atoms with Crippen molar-refractivity contribution in [2.24, 2.45) is 0 Å². The van der Waals surface area contributed by atoms with E-state index in [9.17, 15) is 9.18 Å². The molecule has 2 aromatic carbocycles. The van der Waals surface area contributed by atoms with Crippen molar-refractivity contribution < 1.29 is 9.18 Å². The van der Waals surface area contributed by atoms with Gasteiger partial charge in [-0.05, 0) is 54.7 Å². The maximum atomic E-state index is 13.1. The number of halogens is 1. The number of hydrogen-bond acceptors (Lipinski definition) is 5. The molecule has 32 heavy (non-hydrogen) atoms. The number of amides is 1. The Labute approximate surface area is 193 Å². The topological polar surface area (TPSA) is 49.3 Å². The van der Waals surface area contributed by atoms with Crippen LogP contribution in [0.25, 0.3) is 0 Å². The summed E-state index contributed by atoms with van der Waals surface area (Å²) in [5.41, 5.74) is 3.04. The molecule has 0 bridgehead atoms. The second-order valence-electron chi connectivity index (χ2n) is 8.23. The summed E-state index contributed by atoms with van der Waals surface area (Å²) in [4.78, 5) is 21.9. The van der Waals surface area contributed by atoms with Crippen molar-refractivity contribution in [3.05, 3.63) is 76.9 Å². The van der Waals surface area contributed by atoms with Crippen LogP contribution in [0.3, 0.4) is 0 Å². The summed E-state index contributed by atoms with van der Waals surface area (Å²) >= 11 is 1.39. The Bertz CT molecular complexity index is 1020. The van der Waals surface area contributed by atoms with Crippen LogP contribution in [0.15, 0.2) is 48.5 Å². The minimum absolute atomic E-state index is 0.100. The fourth-order valence-corrected chi connectivity index (χ4v) is 4.66. The molecule has 1 fully saturated rings. The lowest BCUT2D eigenvalue weighted by atomic mass is 10.1. The number of nitrogens with zero attached hydrogens (tertiary/aromatic N) is 4. The predicted molar refractivity (Wildman–Crippen MR) is 127 cm³/mol. The molecule has 5 nitrogen and oxygen atoms in total. The van der Waals surface area contributed by atoms with Crippen LogP contribution in [0.5, 0.6) is 0 Å². The summed E-state index contributed by atoms with van der Waals surface area (Å²) in [6, 6.07) is 14.5. The zero-order valence-corrected chi connectivity index (χ0v) is 19.3. The number of rotatable bonds is 7. The lowest BCUT2D eigenvalue weighted by molar-refractivity contribution is 0.0767. The molecular weight excluding hydrogens is 423 g/mol. The standard InChI is InChI=1S/C25H29FN4OS/c1-2-3-5-19-6-10-21(11-7-19)24(31)29-14-4-15-30(17-16-29)25-27-23(28-32-25)18-20-8-12-22(26)13-9-20/h6-13H,2-5,14-18H2,1H3. The van der Waals surface area contributed by atoms with Crippen LogP contribution < -0.4 is 4.90 Å². The van der Waals surface area contributed by atoms with E-state index < -0.39 is 0 Å². The Hall–Kier alpha value is -2.80. The molecule has 0 unspecified atom stereocenters. The Balaban J connectivity index is 1.34. The maximum Gasteiger partial charge on any atom is 0.253 e. The fourth-order valence-electron chi connectivity index (χ4n) is 3.92. The molecule has 0 radical (unpaired) electrons. The molecule has 0 atom stereocenters. The van der Waals surface area contributed by atoms with Gasteiger partial charge in [-0.2, -0.15) is 4.37 Å². The van der Waals surface area contributed by atoms with Crippen LogP contribution in [0, 0.1) is 5.82 Å². The van der Waals surface area contributed by atoms with Gasteiger partial charge in [-0.25, -0.2) is 9.37 Å². The summed E-state index contributed by atoms with van der Waals surface area (Å²) in [5, 5.41) is 0.886. The first-order valence-corrected chi connectivity index (χ1v) is 12.1. The second-order valence-corrected chi connectivity index (χ2v) is 8.96. The molecule has 1 aliphatic rings. The predicted octanol–water partition coefficient (Wildman–Crippen LogP) is 4.96. The number of carbonyl (C=O) groups excluding carboxylic acids is 1. The molecule has 3 aromatic rings. The summed E-state index contributed by atoms with van der Waals surface area (Å²) in [6.07, 6.45) is 4.89. The molecule has 7 heteroatoms. The lowest BCUT2D eigenvalue weighted by Gasteiger charge is -2.21. The van der Waals surface area contributed by atoms with E-state index in [4.69, 9.17) is 4.98 Å². The molecule has 1 amide bonds. The number of hydrogen-bond donors (Lipinski definition) is 0. The minimum atomic E-state index is -0.239. The average Bonchev–Trinajstić information content (AvgIpc) is 3.14. The average molecular weight is 453 g/mol. The van der Waals surface area contributed by atoms with Crippen LogP contribution in [0.4, 0.5) is 9.52 Å². The molecule has 4 rings (SSSR count). The number of anilines is 1. The summed E-state index contributed by atoms with van der Waals surface area (Å²) in [5.74, 6) is 0.608. The Morgan fingerprint density at radius 2 is 1.75 bits per heavy atom. The number of benzene rings is 2. The molecular formula is C25H29FN4OS. The van der Waals surface area contributed by atoms with E-state index in [1.807, 2.05) is 17.0 Å². The number of aromatic nitrogens is 2. The summed E-state index contributed by atoms with van der Waals surface area (Å²) < 4.78 is 17.6. The first-order valence-electron chi connectivity index (χ1n) is 11.3. The van der Waals surface area contributed by atoms with Gasteiger partial charge in [-0.15, -0.1) is 0 Å². The summed E-state index contributed by atoms with van der Waals surface area (Å²) in [6.45, 7) is 5.20. The van der Waals surface area contributed by atoms with Crippen molar-refractivity contribution in [1.82, 2.24) is 14.3 Å². The third-order valence-electron chi connectivity index (χ3n) is 5.81. The molecule has 1 saturated heterocycles. The number of aryl methyl sites for hydroxylation is 1. The van der Waals surface area contributed by atoms with Crippen molar-refractivity contribution in [3.8, 4) is 0 Å². The highest BCUT2D eigenvalue weighted by Gasteiger charge is 2.22. The van der Waals surface area contributed by atoms with Gasteiger partial charge in [-0.1, -0.05) is 37.6 Å². The number of unbranched alkanes of at least 4 members (excludes halogenated alkanes) is 1. The SMILES string of the molecule is CCCCc1ccc(C(=O)N2CCCN(c3nc(Cc4ccc(F)cc4)ns3)CC2)cc1. The van der Waals surface area contributed by atoms with Crippen molar-refractivity contribution in [2.75, 3.05) is 31.1 Å². The normalized spacial score (nSPS) is 14.4. The first-order chi connectivity index (χ1) is 15.6. The highest BCUT2D eigenvalue weighted by atomic mass is 32.1. The zero-order chi connectivity index (χ0) is 22.3. The van der Waals surface area contributed by atoms with Crippen molar-refractivity contribution >= 4 is 22.6 Å². The third kappa shape index (κ3) is 5.71. The van der Waals surface area contributed by atoms with Gasteiger partial charge in [0, 0.05) is 49.7 Å². The van der Waals surface area contributed by atoms with Crippen LogP contribution in [0.1, 0.15) is 53.5 Å². The molecule has 2 heterocycles. The lowest BCUT2D eigenvalue weighted by Crippen LogP contribution is -2.35. The quantitative estimate of drug-likeness (QED) is 0.508. The van der Waals surface area contributed by atoms with E-state index in [1.165, 1.54) is 42.1 Å². The molecule has 1 aliphatic heterocycles. The molecule has 0 N–H and O–H groups in total. The van der Waals surface area contributed by atoms with Gasteiger partial charge in [0.05, 0.1) is 0 Å². The highest BCUT2D eigenvalue weighted by Crippen LogP contribution is 2.21. The first kappa shape index (κ1) is 22.4. The Morgan fingerprint density at radius 3 is 2.50 bits per heavy atom. The highest BCUT2D eigenvalue weighted by molar-refractivity contribution is 7.09. The smallest absolute Gasteiger partial charge is 0.253 e. The van der Waals surface area contributed by atoms with Crippen molar-refractivity contribution in [2.45, 2.75) is 39.0 Å². The number of carbonyl (C=O) groups is 1. The molecule has 0 spiro atoms. The van der Waals surface area contributed by atoms with Crippen LogP contribution >= 0.6 is 11.5 Å². The van der Waals surface area contributed by atoms with E-state index in [1.54, 1.807) is 12.1 Å². The summed E-state index contributed by atoms with van der Waals surface area (Å²) in [7, 11) is 0. The van der Waals surface area contributed by atoms with Gasteiger partial charge in [0.1, 0.15) is 11.6 Å². The van der Waals surface area contributed by atoms with E-state index in [2.05, 4.69) is 28.3 Å². The zero-order valence-electron chi connectivity index (χ0n) is 18.5. The van der Waals surface area contributed by atoms with Gasteiger partial charge in [0.25, 0.3) is 5.91 Å². The van der Waals surface area contributed by atoms with Crippen LogP contribution in [-0.2, 0) is 12.8 Å². The largest absolute Gasteiger partial charge is 0.345 e. The molecule has 0 aliphatic carbocycles. The fraction of sp³-hybridized carbons (Fsp3) is 0.400.